The summed E-state index contributed by atoms with van der Waals surface area (Å²) in [4.78, 5) is 23.3. The molecule has 0 aromatic rings. The van der Waals surface area contributed by atoms with Gasteiger partial charge in [0.1, 0.15) is 0 Å². The van der Waals surface area contributed by atoms with E-state index in [-0.39, 0.29) is 13.2 Å². The highest BCUT2D eigenvalue weighted by Gasteiger charge is 2.56. The van der Waals surface area contributed by atoms with Crippen LogP contribution < -0.4 is 0 Å². The lowest BCUT2D eigenvalue weighted by Crippen LogP contribution is -2.59. The molecule has 0 bridgehead atoms. The molecule has 16 heavy (non-hydrogen) atoms. The molecule has 1 heterocycles. The van der Waals surface area contributed by atoms with E-state index in [1.54, 1.807) is 0 Å². The molecule has 6 nitrogen and oxygen atoms in total. The number of rotatable bonds is 4. The zero-order valence-corrected chi connectivity index (χ0v) is 9.28. The molecule has 0 N–H and O–H groups in total. The maximum Gasteiger partial charge on any atom is 0.351 e. The van der Waals surface area contributed by atoms with Crippen molar-refractivity contribution in [2.24, 2.45) is 0 Å². The van der Waals surface area contributed by atoms with Gasteiger partial charge in [0.05, 0.1) is 13.2 Å². The van der Waals surface area contributed by atoms with E-state index in [4.69, 9.17) is 18.9 Å². The van der Waals surface area contributed by atoms with Crippen molar-refractivity contribution in [2.75, 3.05) is 27.4 Å². The molecular weight excluding hydrogens is 216 g/mol. The quantitative estimate of drug-likeness (QED) is 0.485. The van der Waals surface area contributed by atoms with Gasteiger partial charge in [0.15, 0.2) is 5.60 Å². The Balaban J connectivity index is 1.95. The van der Waals surface area contributed by atoms with Gasteiger partial charge in [0.2, 0.25) is 5.60 Å². The zero-order chi connectivity index (χ0) is 11.8. The molecule has 0 aromatic carbocycles. The molecule has 2 aliphatic rings. The van der Waals surface area contributed by atoms with E-state index in [0.29, 0.717) is 12.8 Å². The van der Waals surface area contributed by atoms with E-state index in [2.05, 4.69) is 0 Å². The first-order valence-corrected chi connectivity index (χ1v) is 5.03. The Labute approximate surface area is 92.8 Å². The van der Waals surface area contributed by atoms with Crippen molar-refractivity contribution in [3.8, 4) is 0 Å². The SMILES string of the molecule is COC1(C(=O)OC(=O)C2(OC)COC2)CC1. The summed E-state index contributed by atoms with van der Waals surface area (Å²) < 4.78 is 19.7. The van der Waals surface area contributed by atoms with Crippen molar-refractivity contribution >= 4 is 11.9 Å². The molecule has 2 rings (SSSR count). The number of carbonyl (C=O) groups excluding carboxylic acids is 2. The van der Waals surface area contributed by atoms with E-state index < -0.39 is 23.1 Å². The van der Waals surface area contributed by atoms with Crippen molar-refractivity contribution < 1.29 is 28.5 Å². The highest BCUT2D eigenvalue weighted by molar-refractivity contribution is 5.96. The second kappa shape index (κ2) is 3.80. The molecule has 0 radical (unpaired) electrons. The van der Waals surface area contributed by atoms with Crippen LogP contribution in [0.15, 0.2) is 0 Å². The van der Waals surface area contributed by atoms with Crippen LogP contribution in [0.25, 0.3) is 0 Å². The lowest BCUT2D eigenvalue weighted by atomic mass is 10.0. The summed E-state index contributed by atoms with van der Waals surface area (Å²) in [6, 6.07) is 0. The molecule has 1 aliphatic carbocycles. The number of hydrogen-bond acceptors (Lipinski definition) is 6. The van der Waals surface area contributed by atoms with Gasteiger partial charge < -0.3 is 18.9 Å². The van der Waals surface area contributed by atoms with Crippen LogP contribution in [-0.2, 0) is 28.5 Å². The van der Waals surface area contributed by atoms with E-state index in [1.807, 2.05) is 0 Å². The van der Waals surface area contributed by atoms with E-state index in [9.17, 15) is 9.59 Å². The Morgan fingerprint density at radius 3 is 1.81 bits per heavy atom. The Hall–Kier alpha value is -0.980. The molecule has 1 saturated carbocycles. The van der Waals surface area contributed by atoms with Crippen LogP contribution in [0, 0.1) is 0 Å². The Kier molecular flexibility index (Phi) is 2.73. The molecule has 1 aliphatic heterocycles. The van der Waals surface area contributed by atoms with E-state index >= 15 is 0 Å². The van der Waals surface area contributed by atoms with Crippen molar-refractivity contribution in [3.63, 3.8) is 0 Å². The van der Waals surface area contributed by atoms with Crippen LogP contribution >= 0.6 is 0 Å². The molecule has 0 aromatic heterocycles. The van der Waals surface area contributed by atoms with Gasteiger partial charge in [-0.15, -0.1) is 0 Å². The molecule has 0 amide bonds. The van der Waals surface area contributed by atoms with Crippen LogP contribution in [0.2, 0.25) is 0 Å². The first-order valence-electron chi connectivity index (χ1n) is 5.03. The average Bonchev–Trinajstić information content (AvgIpc) is 2.97. The monoisotopic (exact) mass is 230 g/mol. The third-order valence-electron chi connectivity index (χ3n) is 3.09. The molecule has 1 saturated heterocycles. The molecule has 2 fully saturated rings. The first-order chi connectivity index (χ1) is 7.58. The van der Waals surface area contributed by atoms with Crippen LogP contribution in [0.3, 0.4) is 0 Å². The molecule has 6 heteroatoms. The summed E-state index contributed by atoms with van der Waals surface area (Å²) in [7, 11) is 2.81. The van der Waals surface area contributed by atoms with Crippen molar-refractivity contribution in [3.05, 3.63) is 0 Å². The second-order valence-electron chi connectivity index (χ2n) is 4.07. The molecule has 0 unspecified atom stereocenters. The first kappa shape index (κ1) is 11.5. The zero-order valence-electron chi connectivity index (χ0n) is 9.28. The van der Waals surface area contributed by atoms with Gasteiger partial charge in [-0.1, -0.05) is 0 Å². The predicted molar refractivity (Wildman–Crippen MR) is 50.6 cm³/mol. The van der Waals surface area contributed by atoms with Gasteiger partial charge >= 0.3 is 11.9 Å². The van der Waals surface area contributed by atoms with Gasteiger partial charge in [-0.05, 0) is 12.8 Å². The third-order valence-corrected chi connectivity index (χ3v) is 3.09. The third kappa shape index (κ3) is 1.63. The minimum absolute atomic E-state index is 0.121. The number of hydrogen-bond donors (Lipinski definition) is 0. The average molecular weight is 230 g/mol. The fraction of sp³-hybridized carbons (Fsp3) is 0.800. The number of ether oxygens (including phenoxy) is 4. The van der Waals surface area contributed by atoms with Gasteiger partial charge in [0, 0.05) is 14.2 Å². The van der Waals surface area contributed by atoms with Gasteiger partial charge in [0.25, 0.3) is 0 Å². The van der Waals surface area contributed by atoms with Crippen LogP contribution in [0.4, 0.5) is 0 Å². The van der Waals surface area contributed by atoms with E-state index in [1.165, 1.54) is 14.2 Å². The molecule has 0 spiro atoms. The van der Waals surface area contributed by atoms with Crippen LogP contribution in [0.1, 0.15) is 12.8 Å². The second-order valence-corrected chi connectivity index (χ2v) is 4.07. The van der Waals surface area contributed by atoms with Gasteiger partial charge in [-0.25, -0.2) is 9.59 Å². The van der Waals surface area contributed by atoms with Gasteiger partial charge in [-0.2, -0.15) is 0 Å². The molecule has 0 atom stereocenters. The highest BCUT2D eigenvalue weighted by atomic mass is 16.7. The Morgan fingerprint density at radius 1 is 1.00 bits per heavy atom. The summed E-state index contributed by atoms with van der Waals surface area (Å²) in [5, 5.41) is 0. The summed E-state index contributed by atoms with van der Waals surface area (Å²) in [5.41, 5.74) is -2.02. The topological polar surface area (TPSA) is 71.1 Å². The predicted octanol–water partition coefficient (Wildman–Crippen LogP) is -0.349. The lowest BCUT2D eigenvalue weighted by Gasteiger charge is -2.36. The summed E-state index contributed by atoms with van der Waals surface area (Å²) in [6.45, 7) is 0.241. The highest BCUT2D eigenvalue weighted by Crippen LogP contribution is 2.40. The van der Waals surface area contributed by atoms with Crippen molar-refractivity contribution in [1.82, 2.24) is 0 Å². The normalized spacial score (nSPS) is 24.4. The Bertz CT molecular complexity index is 310. The smallest absolute Gasteiger partial charge is 0.351 e. The largest absolute Gasteiger partial charge is 0.389 e. The summed E-state index contributed by atoms with van der Waals surface area (Å²) in [6.07, 6.45) is 1.18. The number of methoxy groups -OCH3 is 2. The maximum atomic E-state index is 11.7. The number of carbonyl (C=O) groups is 2. The van der Waals surface area contributed by atoms with Crippen molar-refractivity contribution in [2.45, 2.75) is 24.0 Å². The van der Waals surface area contributed by atoms with E-state index in [0.717, 1.165) is 0 Å². The standard InChI is InChI=1S/C10H14O6/c1-13-9(3-4-9)7(11)16-8(12)10(14-2)5-15-6-10/h3-6H2,1-2H3. The fourth-order valence-electron chi connectivity index (χ4n) is 1.48. The number of esters is 2. The van der Waals surface area contributed by atoms with Crippen molar-refractivity contribution in [1.29, 1.82) is 0 Å². The summed E-state index contributed by atoms with van der Waals surface area (Å²) >= 11 is 0. The van der Waals surface area contributed by atoms with Gasteiger partial charge in [-0.3, -0.25) is 0 Å². The Morgan fingerprint density at radius 2 is 1.50 bits per heavy atom. The minimum Gasteiger partial charge on any atom is -0.389 e. The maximum absolute atomic E-state index is 11.7. The van der Waals surface area contributed by atoms with Crippen LogP contribution in [0.5, 0.6) is 0 Å². The minimum atomic E-state index is -1.11. The van der Waals surface area contributed by atoms with Crippen LogP contribution in [-0.4, -0.2) is 50.6 Å². The molecular formula is C10H14O6. The fourth-order valence-corrected chi connectivity index (χ4v) is 1.48. The summed E-state index contributed by atoms with van der Waals surface area (Å²) in [5.74, 6) is -1.34. The molecule has 90 valence electrons. The lowest BCUT2D eigenvalue weighted by molar-refractivity contribution is -0.222.